The smallest absolute Gasteiger partial charge is 0.260 e. The van der Waals surface area contributed by atoms with Crippen molar-refractivity contribution in [3.05, 3.63) is 71.9 Å². The van der Waals surface area contributed by atoms with E-state index in [1.165, 1.54) is 11.8 Å². The first kappa shape index (κ1) is 21.6. The molecule has 1 saturated heterocycles. The van der Waals surface area contributed by atoms with Crippen LogP contribution in [0, 0.1) is 5.92 Å². The first-order valence-corrected chi connectivity index (χ1v) is 11.1. The molecule has 1 aliphatic heterocycles. The molecule has 166 valence electrons. The predicted octanol–water partition coefficient (Wildman–Crippen LogP) is 4.17. The second-order valence-electron chi connectivity index (χ2n) is 8.00. The number of benzene rings is 2. The maximum absolute atomic E-state index is 12.6. The molecular weight excluding hydrogens is 402 g/mol. The number of piperidine rings is 1. The van der Waals surface area contributed by atoms with Crippen LogP contribution in [-0.4, -0.2) is 35.6 Å². The summed E-state index contributed by atoms with van der Waals surface area (Å²) in [4.78, 5) is 23.6. The number of carbonyl (C=O) groups excluding carboxylic acids is 1. The van der Waals surface area contributed by atoms with E-state index in [1.807, 2.05) is 19.1 Å². The Labute approximate surface area is 188 Å². The van der Waals surface area contributed by atoms with Crippen LogP contribution >= 0.6 is 0 Å². The zero-order chi connectivity index (χ0) is 22.3. The molecule has 0 unspecified atom stereocenters. The lowest BCUT2D eigenvalue weighted by molar-refractivity contribution is 0.102. The van der Waals surface area contributed by atoms with Gasteiger partial charge in [0.25, 0.3) is 5.91 Å². The van der Waals surface area contributed by atoms with E-state index in [9.17, 15) is 4.79 Å². The number of hydrogen-bond donors (Lipinski definition) is 2. The molecule has 2 heterocycles. The molecule has 1 aromatic heterocycles. The summed E-state index contributed by atoms with van der Waals surface area (Å²) < 4.78 is 5.42. The maximum Gasteiger partial charge on any atom is 0.260 e. The van der Waals surface area contributed by atoms with Gasteiger partial charge >= 0.3 is 0 Å². The van der Waals surface area contributed by atoms with E-state index in [-0.39, 0.29) is 17.3 Å². The van der Waals surface area contributed by atoms with E-state index in [0.717, 1.165) is 38.1 Å². The van der Waals surface area contributed by atoms with Gasteiger partial charge in [0.15, 0.2) is 0 Å². The van der Waals surface area contributed by atoms with Gasteiger partial charge in [0, 0.05) is 25.0 Å². The van der Waals surface area contributed by atoms with E-state index in [4.69, 9.17) is 10.5 Å². The van der Waals surface area contributed by atoms with Crippen molar-refractivity contribution >= 4 is 23.4 Å². The minimum atomic E-state index is -0.334. The molecule has 0 radical (unpaired) electrons. The van der Waals surface area contributed by atoms with Crippen molar-refractivity contribution in [2.45, 2.75) is 26.2 Å². The Kier molecular flexibility index (Phi) is 6.84. The normalized spacial score (nSPS) is 14.2. The highest BCUT2D eigenvalue weighted by Crippen LogP contribution is 2.25. The summed E-state index contributed by atoms with van der Waals surface area (Å²) in [5, 5.41) is 2.83. The minimum Gasteiger partial charge on any atom is -0.494 e. The SMILES string of the molecule is CCOc1ccc(NC(=O)c2cnc(N3CCC(Cc4ccccc4)CC3)nc2N)cc1. The average molecular weight is 432 g/mol. The fourth-order valence-electron chi connectivity index (χ4n) is 4.00. The third-order valence-corrected chi connectivity index (χ3v) is 5.74. The zero-order valence-electron chi connectivity index (χ0n) is 18.3. The summed E-state index contributed by atoms with van der Waals surface area (Å²) in [6.45, 7) is 4.29. The maximum atomic E-state index is 12.6. The number of nitrogen functional groups attached to an aromatic ring is 1. The van der Waals surface area contributed by atoms with Crippen LogP contribution in [0.15, 0.2) is 60.8 Å². The molecule has 3 aromatic rings. The monoisotopic (exact) mass is 431 g/mol. The molecule has 0 aliphatic carbocycles. The highest BCUT2D eigenvalue weighted by atomic mass is 16.5. The Hall–Kier alpha value is -3.61. The lowest BCUT2D eigenvalue weighted by atomic mass is 9.90. The van der Waals surface area contributed by atoms with Gasteiger partial charge in [-0.25, -0.2) is 4.98 Å². The molecule has 4 rings (SSSR count). The van der Waals surface area contributed by atoms with Crippen molar-refractivity contribution in [1.82, 2.24) is 9.97 Å². The van der Waals surface area contributed by atoms with Gasteiger partial charge in [-0.2, -0.15) is 4.98 Å². The van der Waals surface area contributed by atoms with Gasteiger partial charge in [-0.15, -0.1) is 0 Å². The fraction of sp³-hybridized carbons (Fsp3) is 0.320. The van der Waals surface area contributed by atoms with Crippen molar-refractivity contribution in [2.75, 3.05) is 35.6 Å². The van der Waals surface area contributed by atoms with Crippen LogP contribution < -0.4 is 20.7 Å². The highest BCUT2D eigenvalue weighted by molar-refractivity contribution is 6.07. The second-order valence-corrected chi connectivity index (χ2v) is 8.00. The Morgan fingerprint density at radius 2 is 1.84 bits per heavy atom. The third kappa shape index (κ3) is 5.35. The lowest BCUT2D eigenvalue weighted by Gasteiger charge is -2.32. The number of anilines is 3. The van der Waals surface area contributed by atoms with Crippen LogP contribution in [0.3, 0.4) is 0 Å². The molecule has 1 fully saturated rings. The molecule has 0 saturated carbocycles. The number of amides is 1. The van der Waals surface area contributed by atoms with Crippen molar-refractivity contribution in [3.8, 4) is 5.75 Å². The summed E-state index contributed by atoms with van der Waals surface area (Å²) in [6.07, 6.45) is 4.77. The topological polar surface area (TPSA) is 93.4 Å². The van der Waals surface area contributed by atoms with Crippen LogP contribution in [0.1, 0.15) is 35.7 Å². The molecule has 0 bridgehead atoms. The molecule has 1 amide bonds. The summed E-state index contributed by atoms with van der Waals surface area (Å²) in [6, 6.07) is 17.8. The number of hydrogen-bond acceptors (Lipinski definition) is 6. The lowest BCUT2D eigenvalue weighted by Crippen LogP contribution is -2.35. The Morgan fingerprint density at radius 1 is 1.12 bits per heavy atom. The quantitative estimate of drug-likeness (QED) is 0.583. The highest BCUT2D eigenvalue weighted by Gasteiger charge is 2.22. The van der Waals surface area contributed by atoms with E-state index in [0.29, 0.717) is 24.2 Å². The molecule has 7 heteroatoms. The minimum absolute atomic E-state index is 0.185. The number of aromatic nitrogens is 2. The zero-order valence-corrected chi connectivity index (χ0v) is 18.3. The largest absolute Gasteiger partial charge is 0.494 e. The average Bonchev–Trinajstić information content (AvgIpc) is 2.81. The van der Waals surface area contributed by atoms with Gasteiger partial charge in [0.05, 0.1) is 6.61 Å². The third-order valence-electron chi connectivity index (χ3n) is 5.74. The Bertz CT molecular complexity index is 1030. The molecule has 7 nitrogen and oxygen atoms in total. The molecule has 32 heavy (non-hydrogen) atoms. The van der Waals surface area contributed by atoms with Gasteiger partial charge in [-0.1, -0.05) is 30.3 Å². The number of nitrogens with zero attached hydrogens (tertiary/aromatic N) is 3. The van der Waals surface area contributed by atoms with Gasteiger partial charge in [0.1, 0.15) is 17.1 Å². The molecule has 1 aliphatic rings. The van der Waals surface area contributed by atoms with E-state index >= 15 is 0 Å². The van der Waals surface area contributed by atoms with Crippen LogP contribution in [0.2, 0.25) is 0 Å². The van der Waals surface area contributed by atoms with Crippen LogP contribution in [0.25, 0.3) is 0 Å². The summed E-state index contributed by atoms with van der Waals surface area (Å²) in [5.41, 5.74) is 8.42. The van der Waals surface area contributed by atoms with Crippen LogP contribution in [0.5, 0.6) is 5.75 Å². The molecule has 2 aromatic carbocycles. The standard InChI is InChI=1S/C25H29N5O2/c1-2-32-21-10-8-20(9-11-21)28-24(31)22-17-27-25(29-23(22)26)30-14-12-19(13-15-30)16-18-6-4-3-5-7-18/h3-11,17,19H,2,12-16H2,1H3,(H,28,31)(H2,26,27,29). The first-order valence-electron chi connectivity index (χ1n) is 11.1. The molecule has 0 spiro atoms. The van der Waals surface area contributed by atoms with Gasteiger partial charge in [-0.05, 0) is 61.9 Å². The van der Waals surface area contributed by atoms with Crippen LogP contribution in [0.4, 0.5) is 17.5 Å². The number of carbonyl (C=O) groups is 1. The molecular formula is C25H29N5O2. The fourth-order valence-corrected chi connectivity index (χ4v) is 4.00. The Morgan fingerprint density at radius 3 is 2.50 bits per heavy atom. The summed E-state index contributed by atoms with van der Waals surface area (Å²) >= 11 is 0. The van der Waals surface area contributed by atoms with Crippen molar-refractivity contribution in [2.24, 2.45) is 5.92 Å². The summed E-state index contributed by atoms with van der Waals surface area (Å²) in [7, 11) is 0. The van der Waals surface area contributed by atoms with Crippen molar-refractivity contribution in [3.63, 3.8) is 0 Å². The van der Waals surface area contributed by atoms with E-state index < -0.39 is 0 Å². The van der Waals surface area contributed by atoms with Gasteiger partial charge in [0.2, 0.25) is 5.95 Å². The predicted molar refractivity (Wildman–Crippen MR) is 127 cm³/mol. The Balaban J connectivity index is 1.34. The van der Waals surface area contributed by atoms with Gasteiger partial charge < -0.3 is 20.7 Å². The number of rotatable bonds is 7. The number of nitrogens with two attached hydrogens (primary N) is 1. The first-order chi connectivity index (χ1) is 15.6. The molecule has 0 atom stereocenters. The molecule has 3 N–H and O–H groups in total. The second kappa shape index (κ2) is 10.1. The summed E-state index contributed by atoms with van der Waals surface area (Å²) in [5.74, 6) is 1.85. The van der Waals surface area contributed by atoms with Crippen molar-refractivity contribution in [1.29, 1.82) is 0 Å². The van der Waals surface area contributed by atoms with Crippen LogP contribution in [-0.2, 0) is 6.42 Å². The van der Waals surface area contributed by atoms with E-state index in [1.54, 1.807) is 12.1 Å². The van der Waals surface area contributed by atoms with Gasteiger partial charge in [-0.3, -0.25) is 4.79 Å². The van der Waals surface area contributed by atoms with Crippen molar-refractivity contribution < 1.29 is 9.53 Å². The van der Waals surface area contributed by atoms with E-state index in [2.05, 4.69) is 50.5 Å². The number of nitrogens with one attached hydrogen (secondary N) is 1. The number of ether oxygens (including phenoxy) is 1.